The molecule has 3 N–H and O–H groups in total. The minimum absolute atomic E-state index is 0.0608. The van der Waals surface area contributed by atoms with Crippen LogP contribution in [0.25, 0.3) is 0 Å². The van der Waals surface area contributed by atoms with Gasteiger partial charge in [0.05, 0.1) is 0 Å². The van der Waals surface area contributed by atoms with Crippen molar-refractivity contribution in [2.45, 2.75) is 36.3 Å². The van der Waals surface area contributed by atoms with Crippen molar-refractivity contribution in [2.75, 3.05) is 11.5 Å². The average Bonchev–Trinajstić information content (AvgIpc) is 2.48. The molecular weight excluding hydrogens is 315 g/mol. The van der Waals surface area contributed by atoms with Crippen LogP contribution in [0, 0.1) is 5.82 Å². The van der Waals surface area contributed by atoms with Gasteiger partial charge in [0.15, 0.2) is 0 Å². The molecule has 1 aromatic rings. The maximum atomic E-state index is 13.9. The summed E-state index contributed by atoms with van der Waals surface area (Å²) in [7, 11) is 0. The van der Waals surface area contributed by atoms with Crippen LogP contribution in [0.15, 0.2) is 18.2 Å². The van der Waals surface area contributed by atoms with Gasteiger partial charge in [0, 0.05) is 33.1 Å². The molecule has 1 heterocycles. The first-order valence-electron chi connectivity index (χ1n) is 6.79. The van der Waals surface area contributed by atoms with Gasteiger partial charge < -0.3 is 0 Å². The third-order valence-electron chi connectivity index (χ3n) is 3.55. The molecule has 1 aliphatic rings. The Hall–Kier alpha value is 0.0600. The van der Waals surface area contributed by atoms with Crippen molar-refractivity contribution >= 4 is 35.1 Å². The third-order valence-corrected chi connectivity index (χ3v) is 7.19. The molecule has 1 aliphatic heterocycles. The van der Waals surface area contributed by atoms with Crippen LogP contribution in [0.5, 0.6) is 0 Å². The van der Waals surface area contributed by atoms with Crippen LogP contribution in [-0.2, 0) is 6.42 Å². The van der Waals surface area contributed by atoms with Gasteiger partial charge in [0.1, 0.15) is 5.82 Å². The first kappa shape index (κ1) is 16.4. The van der Waals surface area contributed by atoms with E-state index in [1.54, 1.807) is 12.1 Å². The van der Waals surface area contributed by atoms with Gasteiger partial charge in [-0.1, -0.05) is 18.5 Å². The number of nitrogens with two attached hydrogens (primary N) is 1. The number of rotatable bonds is 5. The third kappa shape index (κ3) is 4.04. The molecule has 0 aromatic heterocycles. The van der Waals surface area contributed by atoms with Crippen LogP contribution in [0.2, 0.25) is 5.02 Å². The van der Waals surface area contributed by atoms with Crippen LogP contribution in [0.3, 0.4) is 0 Å². The van der Waals surface area contributed by atoms with Crippen molar-refractivity contribution in [3.8, 4) is 0 Å². The maximum Gasteiger partial charge on any atom is 0.126 e. The Morgan fingerprint density at radius 2 is 2.20 bits per heavy atom. The SMILES string of the molecule is CCC1SCCSC1C(Cc1cc(Cl)ccc1F)NN. The fourth-order valence-electron chi connectivity index (χ4n) is 2.52. The number of thioether (sulfide) groups is 2. The topological polar surface area (TPSA) is 38.0 Å². The van der Waals surface area contributed by atoms with Crippen molar-refractivity contribution in [1.29, 1.82) is 0 Å². The van der Waals surface area contributed by atoms with E-state index in [4.69, 9.17) is 17.4 Å². The monoisotopic (exact) mass is 334 g/mol. The summed E-state index contributed by atoms with van der Waals surface area (Å²) >= 11 is 9.89. The summed E-state index contributed by atoms with van der Waals surface area (Å²) in [4.78, 5) is 0. The normalized spacial score (nSPS) is 24.6. The first-order chi connectivity index (χ1) is 9.65. The van der Waals surface area contributed by atoms with Gasteiger partial charge in [-0.3, -0.25) is 11.3 Å². The molecule has 20 heavy (non-hydrogen) atoms. The lowest BCUT2D eigenvalue weighted by atomic mass is 10.0. The molecule has 2 rings (SSSR count). The van der Waals surface area contributed by atoms with Crippen molar-refractivity contribution < 1.29 is 4.39 Å². The highest BCUT2D eigenvalue weighted by atomic mass is 35.5. The average molecular weight is 335 g/mol. The molecule has 2 nitrogen and oxygen atoms in total. The van der Waals surface area contributed by atoms with E-state index in [-0.39, 0.29) is 11.9 Å². The van der Waals surface area contributed by atoms with E-state index < -0.39 is 0 Å². The Morgan fingerprint density at radius 3 is 2.90 bits per heavy atom. The predicted molar refractivity (Wildman–Crippen MR) is 89.0 cm³/mol. The Bertz CT molecular complexity index is 447. The van der Waals surface area contributed by atoms with E-state index in [1.165, 1.54) is 11.8 Å². The number of hydrogen-bond acceptors (Lipinski definition) is 4. The summed E-state index contributed by atoms with van der Waals surface area (Å²) in [6, 6.07) is 4.75. The molecule has 1 fully saturated rings. The van der Waals surface area contributed by atoms with Crippen molar-refractivity contribution in [3.05, 3.63) is 34.6 Å². The second kappa shape index (κ2) is 7.90. The Kier molecular flexibility index (Phi) is 6.49. The van der Waals surface area contributed by atoms with E-state index in [0.717, 1.165) is 12.2 Å². The van der Waals surface area contributed by atoms with E-state index in [1.807, 2.05) is 23.5 Å². The highest BCUT2D eigenvalue weighted by Crippen LogP contribution is 2.36. The molecule has 0 radical (unpaired) electrons. The molecule has 1 saturated heterocycles. The molecule has 0 amide bonds. The van der Waals surface area contributed by atoms with E-state index in [9.17, 15) is 4.39 Å². The highest BCUT2D eigenvalue weighted by Gasteiger charge is 2.32. The summed E-state index contributed by atoms with van der Waals surface area (Å²) in [5, 5.41) is 1.54. The molecule has 3 unspecified atom stereocenters. The van der Waals surface area contributed by atoms with Gasteiger partial charge in [-0.15, -0.1) is 0 Å². The summed E-state index contributed by atoms with van der Waals surface area (Å²) < 4.78 is 13.9. The lowest BCUT2D eigenvalue weighted by molar-refractivity contribution is 0.479. The fraction of sp³-hybridized carbons (Fsp3) is 0.571. The number of nitrogens with one attached hydrogen (secondary N) is 1. The number of halogens is 2. The first-order valence-corrected chi connectivity index (χ1v) is 9.26. The molecular formula is C14H20ClFN2S2. The number of hydrazine groups is 1. The summed E-state index contributed by atoms with van der Waals surface area (Å²) in [6.45, 7) is 2.20. The van der Waals surface area contributed by atoms with E-state index in [0.29, 0.717) is 27.5 Å². The Balaban J connectivity index is 2.13. The van der Waals surface area contributed by atoms with Crippen LogP contribution in [0.4, 0.5) is 4.39 Å². The standard InChI is InChI=1S/C14H20ClFN2S2/c1-2-13-14(20-6-5-19-13)12(18-17)8-9-7-10(15)3-4-11(9)16/h3-4,7,12-14,18H,2,5-6,8,17H2,1H3. The molecule has 1 aromatic carbocycles. The molecule has 0 saturated carbocycles. The van der Waals surface area contributed by atoms with Gasteiger partial charge in [-0.25, -0.2) is 4.39 Å². The Morgan fingerprint density at radius 1 is 1.45 bits per heavy atom. The predicted octanol–water partition coefficient (Wildman–Crippen LogP) is 3.48. The lowest BCUT2D eigenvalue weighted by Gasteiger charge is -2.35. The fourth-order valence-corrected chi connectivity index (χ4v) is 5.96. The number of hydrogen-bond donors (Lipinski definition) is 2. The van der Waals surface area contributed by atoms with E-state index in [2.05, 4.69) is 12.3 Å². The second-order valence-electron chi connectivity index (χ2n) is 4.87. The van der Waals surface area contributed by atoms with Gasteiger partial charge in [-0.2, -0.15) is 23.5 Å². The Labute approximate surface area is 133 Å². The minimum atomic E-state index is -0.212. The highest BCUT2D eigenvalue weighted by molar-refractivity contribution is 8.07. The lowest BCUT2D eigenvalue weighted by Crippen LogP contribution is -2.49. The largest absolute Gasteiger partial charge is 0.271 e. The van der Waals surface area contributed by atoms with Crippen molar-refractivity contribution in [2.24, 2.45) is 5.84 Å². The van der Waals surface area contributed by atoms with Gasteiger partial charge in [0.25, 0.3) is 0 Å². The molecule has 3 atom stereocenters. The van der Waals surface area contributed by atoms with Gasteiger partial charge in [0.2, 0.25) is 0 Å². The summed E-state index contributed by atoms with van der Waals surface area (Å²) in [6.07, 6.45) is 1.68. The second-order valence-corrected chi connectivity index (χ2v) is 7.94. The van der Waals surface area contributed by atoms with Crippen LogP contribution < -0.4 is 11.3 Å². The smallest absolute Gasteiger partial charge is 0.126 e. The minimum Gasteiger partial charge on any atom is -0.271 e. The molecule has 0 spiro atoms. The zero-order valence-electron chi connectivity index (χ0n) is 11.4. The van der Waals surface area contributed by atoms with E-state index >= 15 is 0 Å². The van der Waals surface area contributed by atoms with Crippen LogP contribution in [0.1, 0.15) is 18.9 Å². The van der Waals surface area contributed by atoms with Gasteiger partial charge in [-0.05, 0) is 36.6 Å². The summed E-state index contributed by atoms with van der Waals surface area (Å²) in [5.74, 6) is 7.83. The quantitative estimate of drug-likeness (QED) is 0.638. The van der Waals surface area contributed by atoms with Crippen molar-refractivity contribution in [3.63, 3.8) is 0 Å². The molecule has 0 aliphatic carbocycles. The zero-order chi connectivity index (χ0) is 14.5. The molecule has 112 valence electrons. The van der Waals surface area contributed by atoms with Gasteiger partial charge >= 0.3 is 0 Å². The summed E-state index contributed by atoms with van der Waals surface area (Å²) in [5.41, 5.74) is 3.52. The van der Waals surface area contributed by atoms with Crippen LogP contribution >= 0.6 is 35.1 Å². The van der Waals surface area contributed by atoms with Crippen molar-refractivity contribution in [1.82, 2.24) is 5.43 Å². The molecule has 6 heteroatoms. The molecule has 0 bridgehead atoms. The maximum absolute atomic E-state index is 13.9. The van der Waals surface area contributed by atoms with Crippen LogP contribution in [-0.4, -0.2) is 28.0 Å². The zero-order valence-corrected chi connectivity index (χ0v) is 13.8. The number of benzene rings is 1.